The number of carbonyl (C=O) groups is 3. The molecule has 2 rings (SSSR count). The standard InChI is InChI=1S/C15H16N2O4/c1-9(18)16-10-5-7-11(8-6-10)17-14(19)12-3-2-4-13(12)15(20)21/h5-8H,2-4H2,1H3,(H,16,18)(H,17,19)(H,20,21). The Morgan fingerprint density at radius 2 is 1.48 bits per heavy atom. The van der Waals surface area contributed by atoms with Crippen molar-refractivity contribution in [3.63, 3.8) is 0 Å². The van der Waals surface area contributed by atoms with Gasteiger partial charge in [-0.05, 0) is 43.5 Å². The summed E-state index contributed by atoms with van der Waals surface area (Å²) in [5.74, 6) is -1.58. The maximum atomic E-state index is 12.1. The van der Waals surface area contributed by atoms with Gasteiger partial charge in [0, 0.05) is 29.4 Å². The summed E-state index contributed by atoms with van der Waals surface area (Å²) < 4.78 is 0. The van der Waals surface area contributed by atoms with Crippen molar-refractivity contribution in [1.82, 2.24) is 0 Å². The quantitative estimate of drug-likeness (QED) is 0.791. The van der Waals surface area contributed by atoms with E-state index in [4.69, 9.17) is 5.11 Å². The number of benzene rings is 1. The van der Waals surface area contributed by atoms with Crippen LogP contribution in [0.4, 0.5) is 11.4 Å². The number of nitrogens with one attached hydrogen (secondary N) is 2. The van der Waals surface area contributed by atoms with E-state index in [0.717, 1.165) is 0 Å². The molecule has 0 aliphatic heterocycles. The number of carbonyl (C=O) groups excluding carboxylic acids is 2. The van der Waals surface area contributed by atoms with Crippen LogP contribution in [0.3, 0.4) is 0 Å². The lowest BCUT2D eigenvalue weighted by molar-refractivity contribution is -0.133. The van der Waals surface area contributed by atoms with Crippen molar-refractivity contribution in [2.75, 3.05) is 10.6 Å². The number of anilines is 2. The SMILES string of the molecule is CC(=O)Nc1ccc(NC(=O)C2=C(C(=O)O)CCC2)cc1. The normalized spacial score (nSPS) is 14.0. The van der Waals surface area contributed by atoms with Crippen molar-refractivity contribution in [2.24, 2.45) is 0 Å². The molecule has 1 aliphatic carbocycles. The average Bonchev–Trinajstić information content (AvgIpc) is 2.90. The zero-order valence-corrected chi connectivity index (χ0v) is 11.6. The number of amides is 2. The van der Waals surface area contributed by atoms with Gasteiger partial charge in [0.15, 0.2) is 0 Å². The minimum absolute atomic E-state index is 0.172. The molecule has 6 heteroatoms. The molecule has 21 heavy (non-hydrogen) atoms. The fourth-order valence-corrected chi connectivity index (χ4v) is 2.28. The van der Waals surface area contributed by atoms with Crippen molar-refractivity contribution < 1.29 is 19.5 Å². The third-order valence-corrected chi connectivity index (χ3v) is 3.21. The molecular formula is C15H16N2O4. The molecule has 0 heterocycles. The van der Waals surface area contributed by atoms with Crippen LogP contribution in [0.5, 0.6) is 0 Å². The van der Waals surface area contributed by atoms with Crippen molar-refractivity contribution in [3.8, 4) is 0 Å². The molecule has 0 radical (unpaired) electrons. The second-order valence-electron chi connectivity index (χ2n) is 4.83. The highest BCUT2D eigenvalue weighted by Crippen LogP contribution is 2.27. The zero-order chi connectivity index (χ0) is 15.4. The van der Waals surface area contributed by atoms with E-state index < -0.39 is 5.97 Å². The highest BCUT2D eigenvalue weighted by atomic mass is 16.4. The van der Waals surface area contributed by atoms with Crippen LogP contribution in [0.2, 0.25) is 0 Å². The van der Waals surface area contributed by atoms with Gasteiger partial charge in [-0.1, -0.05) is 0 Å². The Morgan fingerprint density at radius 1 is 0.952 bits per heavy atom. The van der Waals surface area contributed by atoms with Gasteiger partial charge < -0.3 is 15.7 Å². The van der Waals surface area contributed by atoms with E-state index in [2.05, 4.69) is 10.6 Å². The fraction of sp³-hybridized carbons (Fsp3) is 0.267. The Balaban J connectivity index is 2.08. The van der Waals surface area contributed by atoms with E-state index in [9.17, 15) is 14.4 Å². The van der Waals surface area contributed by atoms with Crippen molar-refractivity contribution in [3.05, 3.63) is 35.4 Å². The fourth-order valence-electron chi connectivity index (χ4n) is 2.28. The maximum absolute atomic E-state index is 12.1. The van der Waals surface area contributed by atoms with Gasteiger partial charge >= 0.3 is 5.97 Å². The Labute approximate surface area is 121 Å². The van der Waals surface area contributed by atoms with E-state index >= 15 is 0 Å². The van der Waals surface area contributed by atoms with Gasteiger partial charge in [0.2, 0.25) is 5.91 Å². The van der Waals surface area contributed by atoms with Gasteiger partial charge in [0.05, 0.1) is 0 Å². The minimum Gasteiger partial charge on any atom is -0.478 e. The highest BCUT2D eigenvalue weighted by molar-refractivity contribution is 6.09. The van der Waals surface area contributed by atoms with Gasteiger partial charge in [0.25, 0.3) is 5.91 Å². The summed E-state index contributed by atoms with van der Waals surface area (Å²) in [6.07, 6.45) is 1.60. The van der Waals surface area contributed by atoms with Crippen molar-refractivity contribution in [1.29, 1.82) is 0 Å². The van der Waals surface area contributed by atoms with Gasteiger partial charge in [0.1, 0.15) is 0 Å². The molecule has 0 saturated heterocycles. The maximum Gasteiger partial charge on any atom is 0.332 e. The third-order valence-electron chi connectivity index (χ3n) is 3.21. The number of hydrogen-bond donors (Lipinski definition) is 3. The molecule has 0 unspecified atom stereocenters. The van der Waals surface area contributed by atoms with E-state index in [-0.39, 0.29) is 17.4 Å². The van der Waals surface area contributed by atoms with Crippen LogP contribution in [0.25, 0.3) is 0 Å². The highest BCUT2D eigenvalue weighted by Gasteiger charge is 2.25. The molecule has 0 spiro atoms. The first-order chi connectivity index (χ1) is 9.97. The van der Waals surface area contributed by atoms with Crippen molar-refractivity contribution >= 4 is 29.2 Å². The summed E-state index contributed by atoms with van der Waals surface area (Å²) in [6.45, 7) is 1.41. The van der Waals surface area contributed by atoms with E-state index in [0.29, 0.717) is 36.2 Å². The third kappa shape index (κ3) is 3.68. The van der Waals surface area contributed by atoms with Crippen LogP contribution in [-0.4, -0.2) is 22.9 Å². The van der Waals surface area contributed by atoms with E-state index in [1.807, 2.05) is 0 Å². The van der Waals surface area contributed by atoms with Crippen LogP contribution < -0.4 is 10.6 Å². The van der Waals surface area contributed by atoms with Crippen LogP contribution in [0.15, 0.2) is 35.4 Å². The van der Waals surface area contributed by atoms with Crippen LogP contribution >= 0.6 is 0 Å². The molecule has 2 amide bonds. The predicted octanol–water partition coefficient (Wildman–Crippen LogP) is 2.15. The largest absolute Gasteiger partial charge is 0.478 e. The van der Waals surface area contributed by atoms with Crippen molar-refractivity contribution in [2.45, 2.75) is 26.2 Å². The molecule has 1 aromatic rings. The molecule has 0 saturated carbocycles. The summed E-state index contributed by atoms with van der Waals surface area (Å²) in [5.41, 5.74) is 1.72. The molecular weight excluding hydrogens is 272 g/mol. The Hall–Kier alpha value is -2.63. The van der Waals surface area contributed by atoms with Crippen LogP contribution in [0, 0.1) is 0 Å². The van der Waals surface area contributed by atoms with Gasteiger partial charge in [-0.25, -0.2) is 4.79 Å². The predicted molar refractivity (Wildman–Crippen MR) is 77.9 cm³/mol. The molecule has 1 aliphatic rings. The molecule has 0 aromatic heterocycles. The number of carboxylic acids is 1. The first-order valence-corrected chi connectivity index (χ1v) is 6.61. The molecule has 0 fully saturated rings. The molecule has 110 valence electrons. The lowest BCUT2D eigenvalue weighted by atomic mass is 10.1. The number of aliphatic carboxylic acids is 1. The number of hydrogen-bond acceptors (Lipinski definition) is 3. The first-order valence-electron chi connectivity index (χ1n) is 6.61. The molecule has 1 aromatic carbocycles. The summed E-state index contributed by atoms with van der Waals surface area (Å²) >= 11 is 0. The summed E-state index contributed by atoms with van der Waals surface area (Å²) in [6, 6.07) is 6.63. The van der Waals surface area contributed by atoms with E-state index in [1.165, 1.54) is 6.92 Å². The van der Waals surface area contributed by atoms with E-state index in [1.54, 1.807) is 24.3 Å². The molecule has 3 N–H and O–H groups in total. The monoisotopic (exact) mass is 288 g/mol. The second kappa shape index (κ2) is 6.21. The second-order valence-corrected chi connectivity index (χ2v) is 4.83. The summed E-state index contributed by atoms with van der Waals surface area (Å²) in [4.78, 5) is 34.0. The Morgan fingerprint density at radius 3 is 2.00 bits per heavy atom. The number of carboxylic acid groups (broad SMARTS) is 1. The van der Waals surface area contributed by atoms with Gasteiger partial charge in [-0.3, -0.25) is 9.59 Å². The van der Waals surface area contributed by atoms with Gasteiger partial charge in [-0.15, -0.1) is 0 Å². The topological polar surface area (TPSA) is 95.5 Å². The van der Waals surface area contributed by atoms with Gasteiger partial charge in [-0.2, -0.15) is 0 Å². The zero-order valence-electron chi connectivity index (χ0n) is 11.6. The summed E-state index contributed by atoms with van der Waals surface area (Å²) in [7, 11) is 0. The Bertz CT molecular complexity index is 617. The minimum atomic E-state index is -1.03. The number of rotatable bonds is 4. The lowest BCUT2D eigenvalue weighted by Gasteiger charge is -2.08. The smallest absolute Gasteiger partial charge is 0.332 e. The van der Waals surface area contributed by atoms with Crippen LogP contribution in [0.1, 0.15) is 26.2 Å². The summed E-state index contributed by atoms with van der Waals surface area (Å²) in [5, 5.41) is 14.3. The lowest BCUT2D eigenvalue weighted by Crippen LogP contribution is -2.16. The molecule has 0 bridgehead atoms. The first kappa shape index (κ1) is 14.8. The molecule has 0 atom stereocenters. The van der Waals surface area contributed by atoms with Crippen LogP contribution in [-0.2, 0) is 14.4 Å². The average molecular weight is 288 g/mol. The Kier molecular flexibility index (Phi) is 4.37. The molecule has 6 nitrogen and oxygen atoms in total.